The maximum absolute atomic E-state index is 5.68. The normalized spacial score (nSPS) is 37.1. The minimum Gasteiger partial charge on any atom is -0.381 e. The summed E-state index contributed by atoms with van der Waals surface area (Å²) in [5.41, 5.74) is 0.449. The number of ether oxygens (including phenoxy) is 1. The zero-order valence-corrected chi connectivity index (χ0v) is 14.1. The summed E-state index contributed by atoms with van der Waals surface area (Å²) in [7, 11) is 1.90. The Morgan fingerprint density at radius 1 is 1.19 bits per heavy atom. The Morgan fingerprint density at radius 3 is 2.71 bits per heavy atom. The molecule has 3 heteroatoms. The molecule has 122 valence electrons. The summed E-state index contributed by atoms with van der Waals surface area (Å²) in [6.07, 6.45) is 14.0. The Kier molecular flexibility index (Phi) is 5.23. The number of hydrogen-bond acceptors (Lipinski definition) is 3. The molecule has 1 aliphatic heterocycles. The van der Waals surface area contributed by atoms with Gasteiger partial charge in [-0.3, -0.25) is 4.90 Å². The van der Waals surface area contributed by atoms with E-state index in [0.29, 0.717) is 11.6 Å². The first-order valence-electron chi connectivity index (χ1n) is 9.30. The number of rotatable bonds is 4. The van der Waals surface area contributed by atoms with Crippen LogP contribution in [-0.4, -0.2) is 48.8 Å². The standard InChI is InChI=1S/C18H34N2O/c1-3-7-16-13-19-18(10-4-5-11-18)14-20(16)15-8-6-9-17(12-15)21-2/h15-17,19H,3-14H2,1-2H3. The van der Waals surface area contributed by atoms with Crippen molar-refractivity contribution < 1.29 is 4.74 Å². The maximum atomic E-state index is 5.68. The molecule has 3 unspecified atom stereocenters. The highest BCUT2D eigenvalue weighted by atomic mass is 16.5. The lowest BCUT2D eigenvalue weighted by Crippen LogP contribution is -2.65. The van der Waals surface area contributed by atoms with Gasteiger partial charge in [0.05, 0.1) is 6.10 Å². The SMILES string of the molecule is CCCC1CNC2(CCCC2)CN1C1CCCC(OC)C1. The lowest BCUT2D eigenvalue weighted by atomic mass is 9.85. The van der Waals surface area contributed by atoms with Gasteiger partial charge in [-0.1, -0.05) is 26.2 Å². The zero-order valence-electron chi connectivity index (χ0n) is 14.1. The fourth-order valence-electron chi connectivity index (χ4n) is 5.04. The second kappa shape index (κ2) is 6.97. The number of hydrogen-bond donors (Lipinski definition) is 1. The molecule has 3 fully saturated rings. The molecular weight excluding hydrogens is 260 g/mol. The van der Waals surface area contributed by atoms with Crippen LogP contribution in [0.4, 0.5) is 0 Å². The predicted molar refractivity (Wildman–Crippen MR) is 87.7 cm³/mol. The van der Waals surface area contributed by atoms with Crippen molar-refractivity contribution in [1.29, 1.82) is 0 Å². The summed E-state index contributed by atoms with van der Waals surface area (Å²) in [5.74, 6) is 0. The average molecular weight is 294 g/mol. The van der Waals surface area contributed by atoms with Gasteiger partial charge < -0.3 is 10.1 Å². The van der Waals surface area contributed by atoms with Crippen LogP contribution in [0.2, 0.25) is 0 Å². The summed E-state index contributed by atoms with van der Waals surface area (Å²) >= 11 is 0. The van der Waals surface area contributed by atoms with Crippen LogP contribution < -0.4 is 5.32 Å². The topological polar surface area (TPSA) is 24.5 Å². The van der Waals surface area contributed by atoms with E-state index in [4.69, 9.17) is 4.74 Å². The van der Waals surface area contributed by atoms with Gasteiger partial charge in [-0.05, 0) is 44.9 Å². The third-order valence-corrected chi connectivity index (χ3v) is 6.25. The Balaban J connectivity index is 1.70. The van der Waals surface area contributed by atoms with E-state index in [2.05, 4.69) is 17.1 Å². The van der Waals surface area contributed by atoms with Crippen molar-refractivity contribution in [2.45, 2.75) is 94.9 Å². The van der Waals surface area contributed by atoms with Gasteiger partial charge in [0.2, 0.25) is 0 Å². The molecule has 1 heterocycles. The van der Waals surface area contributed by atoms with Gasteiger partial charge in [0.15, 0.2) is 0 Å². The molecule has 2 saturated carbocycles. The Hall–Kier alpha value is -0.120. The summed E-state index contributed by atoms with van der Waals surface area (Å²) < 4.78 is 5.68. The molecule has 1 spiro atoms. The van der Waals surface area contributed by atoms with Crippen molar-refractivity contribution >= 4 is 0 Å². The molecule has 21 heavy (non-hydrogen) atoms. The van der Waals surface area contributed by atoms with Crippen molar-refractivity contribution in [3.63, 3.8) is 0 Å². The van der Waals surface area contributed by atoms with Gasteiger partial charge in [0.1, 0.15) is 0 Å². The number of methoxy groups -OCH3 is 1. The van der Waals surface area contributed by atoms with Crippen molar-refractivity contribution in [3.05, 3.63) is 0 Å². The molecule has 3 rings (SSSR count). The van der Waals surface area contributed by atoms with Gasteiger partial charge in [-0.2, -0.15) is 0 Å². The van der Waals surface area contributed by atoms with Gasteiger partial charge in [-0.25, -0.2) is 0 Å². The van der Waals surface area contributed by atoms with Gasteiger partial charge in [0.25, 0.3) is 0 Å². The fraction of sp³-hybridized carbons (Fsp3) is 1.00. The van der Waals surface area contributed by atoms with Crippen LogP contribution in [0.25, 0.3) is 0 Å². The number of nitrogens with zero attached hydrogens (tertiary/aromatic N) is 1. The molecule has 0 radical (unpaired) electrons. The number of piperazine rings is 1. The molecule has 3 nitrogen and oxygen atoms in total. The smallest absolute Gasteiger partial charge is 0.0586 e. The first kappa shape index (κ1) is 15.8. The lowest BCUT2D eigenvalue weighted by molar-refractivity contribution is -0.0166. The van der Waals surface area contributed by atoms with E-state index in [9.17, 15) is 0 Å². The summed E-state index contributed by atoms with van der Waals surface area (Å²) in [6, 6.07) is 1.52. The van der Waals surface area contributed by atoms with E-state index in [-0.39, 0.29) is 0 Å². The minimum absolute atomic E-state index is 0.449. The summed E-state index contributed by atoms with van der Waals surface area (Å²) in [5, 5.41) is 3.95. The van der Waals surface area contributed by atoms with Crippen molar-refractivity contribution in [2.75, 3.05) is 20.2 Å². The summed E-state index contributed by atoms with van der Waals surface area (Å²) in [4.78, 5) is 2.90. The van der Waals surface area contributed by atoms with Crippen molar-refractivity contribution in [3.8, 4) is 0 Å². The largest absolute Gasteiger partial charge is 0.381 e. The molecular formula is C18H34N2O. The van der Waals surface area contributed by atoms with Crippen molar-refractivity contribution in [2.24, 2.45) is 0 Å². The third-order valence-electron chi connectivity index (χ3n) is 6.25. The summed E-state index contributed by atoms with van der Waals surface area (Å²) in [6.45, 7) is 4.83. The predicted octanol–water partition coefficient (Wildman–Crippen LogP) is 3.33. The molecule has 2 aliphatic carbocycles. The van der Waals surface area contributed by atoms with Crippen LogP contribution in [0.1, 0.15) is 71.1 Å². The van der Waals surface area contributed by atoms with E-state index < -0.39 is 0 Å². The van der Waals surface area contributed by atoms with Crippen LogP contribution in [0.15, 0.2) is 0 Å². The molecule has 0 aromatic carbocycles. The highest BCUT2D eigenvalue weighted by Crippen LogP contribution is 2.37. The second-order valence-corrected chi connectivity index (χ2v) is 7.66. The Bertz CT molecular complexity index is 327. The van der Waals surface area contributed by atoms with E-state index >= 15 is 0 Å². The van der Waals surface area contributed by atoms with Crippen LogP contribution in [0.5, 0.6) is 0 Å². The molecule has 0 aromatic rings. The number of nitrogens with one attached hydrogen (secondary N) is 1. The Morgan fingerprint density at radius 2 is 2.00 bits per heavy atom. The molecule has 1 saturated heterocycles. The lowest BCUT2D eigenvalue weighted by Gasteiger charge is -2.51. The maximum Gasteiger partial charge on any atom is 0.0586 e. The molecule has 0 aromatic heterocycles. The van der Waals surface area contributed by atoms with Crippen LogP contribution in [0.3, 0.4) is 0 Å². The third kappa shape index (κ3) is 3.46. The fourth-order valence-corrected chi connectivity index (χ4v) is 5.04. The van der Waals surface area contributed by atoms with E-state index in [1.807, 2.05) is 7.11 Å². The van der Waals surface area contributed by atoms with Crippen LogP contribution >= 0.6 is 0 Å². The molecule has 3 aliphatic rings. The van der Waals surface area contributed by atoms with Crippen molar-refractivity contribution in [1.82, 2.24) is 10.2 Å². The van der Waals surface area contributed by atoms with Gasteiger partial charge in [0, 0.05) is 37.8 Å². The zero-order chi connectivity index (χ0) is 14.7. The van der Waals surface area contributed by atoms with E-state index in [1.165, 1.54) is 77.3 Å². The van der Waals surface area contributed by atoms with E-state index in [1.54, 1.807) is 0 Å². The first-order valence-corrected chi connectivity index (χ1v) is 9.30. The van der Waals surface area contributed by atoms with Crippen LogP contribution in [0, 0.1) is 0 Å². The van der Waals surface area contributed by atoms with E-state index in [0.717, 1.165) is 12.1 Å². The average Bonchev–Trinajstić information content (AvgIpc) is 2.98. The monoisotopic (exact) mass is 294 g/mol. The van der Waals surface area contributed by atoms with Gasteiger partial charge >= 0.3 is 0 Å². The Labute approximate surface area is 130 Å². The minimum atomic E-state index is 0.449. The molecule has 0 bridgehead atoms. The second-order valence-electron chi connectivity index (χ2n) is 7.66. The molecule has 3 atom stereocenters. The van der Waals surface area contributed by atoms with Crippen LogP contribution in [-0.2, 0) is 4.74 Å². The molecule has 0 amide bonds. The highest BCUT2D eigenvalue weighted by Gasteiger charge is 2.43. The first-order chi connectivity index (χ1) is 10.3. The van der Waals surface area contributed by atoms with Gasteiger partial charge in [-0.15, -0.1) is 0 Å². The highest BCUT2D eigenvalue weighted by molar-refractivity contribution is 5.03. The molecule has 1 N–H and O–H groups in total. The quantitative estimate of drug-likeness (QED) is 0.861.